The zero-order valence-electron chi connectivity index (χ0n) is 10.2. The van der Waals surface area contributed by atoms with E-state index in [1.807, 2.05) is 0 Å². The van der Waals surface area contributed by atoms with Crippen LogP contribution in [0.25, 0.3) is 0 Å². The van der Waals surface area contributed by atoms with Crippen LogP contribution in [0.2, 0.25) is 0 Å². The Morgan fingerprint density at radius 2 is 1.75 bits per heavy atom. The second-order valence-electron chi connectivity index (χ2n) is 3.82. The highest BCUT2D eigenvalue weighted by atomic mass is 16.6. The Balaban J connectivity index is 1.85. The van der Waals surface area contributed by atoms with Gasteiger partial charge in [0, 0.05) is 12.1 Å². The molecule has 20 heavy (non-hydrogen) atoms. The van der Waals surface area contributed by atoms with Gasteiger partial charge in [-0.3, -0.25) is 24.9 Å². The summed E-state index contributed by atoms with van der Waals surface area (Å²) in [6.07, 6.45) is 2.46. The van der Waals surface area contributed by atoms with Crippen LogP contribution in [-0.4, -0.2) is 26.2 Å². The minimum atomic E-state index is -0.527. The van der Waals surface area contributed by atoms with Gasteiger partial charge >= 0.3 is 5.69 Å². The molecule has 0 aliphatic heterocycles. The number of nitrogens with zero attached hydrogens (tertiary/aromatic N) is 4. The summed E-state index contributed by atoms with van der Waals surface area (Å²) in [5, 5.41) is 24.7. The van der Waals surface area contributed by atoms with Crippen molar-refractivity contribution in [2.45, 2.75) is 6.54 Å². The second-order valence-corrected chi connectivity index (χ2v) is 3.82. The number of rotatable bonds is 6. The molecule has 1 aromatic heterocycles. The van der Waals surface area contributed by atoms with Gasteiger partial charge in [-0.2, -0.15) is 5.10 Å². The van der Waals surface area contributed by atoms with Gasteiger partial charge in [-0.1, -0.05) is 0 Å². The van der Waals surface area contributed by atoms with E-state index >= 15 is 0 Å². The molecule has 0 saturated carbocycles. The molecule has 1 heterocycles. The maximum absolute atomic E-state index is 10.5. The van der Waals surface area contributed by atoms with Crippen molar-refractivity contribution < 1.29 is 14.6 Å². The van der Waals surface area contributed by atoms with Gasteiger partial charge < -0.3 is 4.74 Å². The lowest BCUT2D eigenvalue weighted by Gasteiger charge is -2.05. The Morgan fingerprint density at radius 3 is 2.30 bits per heavy atom. The van der Waals surface area contributed by atoms with Crippen molar-refractivity contribution in [3.05, 3.63) is 56.9 Å². The van der Waals surface area contributed by atoms with Gasteiger partial charge in [0.1, 0.15) is 24.8 Å². The van der Waals surface area contributed by atoms with Crippen molar-refractivity contribution in [2.75, 3.05) is 6.61 Å². The molecule has 0 aliphatic carbocycles. The average molecular weight is 278 g/mol. The van der Waals surface area contributed by atoms with E-state index in [2.05, 4.69) is 5.10 Å². The van der Waals surface area contributed by atoms with Gasteiger partial charge in [0.15, 0.2) is 0 Å². The predicted molar refractivity (Wildman–Crippen MR) is 67.5 cm³/mol. The molecule has 0 saturated heterocycles. The molecule has 0 amide bonds. The van der Waals surface area contributed by atoms with Crippen LogP contribution in [0.15, 0.2) is 36.7 Å². The molecule has 0 spiro atoms. The third-order valence-corrected chi connectivity index (χ3v) is 2.47. The first-order chi connectivity index (χ1) is 9.56. The van der Waals surface area contributed by atoms with Gasteiger partial charge in [0.2, 0.25) is 0 Å². The SMILES string of the molecule is O=[N+]([O-])c1ccc(OCCn2cc([N+](=O)[O-])cn2)cc1. The van der Waals surface area contributed by atoms with E-state index in [1.165, 1.54) is 35.1 Å². The second kappa shape index (κ2) is 5.78. The van der Waals surface area contributed by atoms with E-state index in [4.69, 9.17) is 4.74 Å². The number of hydrogen-bond donors (Lipinski definition) is 0. The van der Waals surface area contributed by atoms with Gasteiger partial charge in [0.25, 0.3) is 5.69 Å². The Hall–Kier alpha value is -2.97. The van der Waals surface area contributed by atoms with Crippen molar-refractivity contribution >= 4 is 11.4 Å². The van der Waals surface area contributed by atoms with Gasteiger partial charge in [-0.15, -0.1) is 0 Å². The lowest BCUT2D eigenvalue weighted by atomic mass is 10.3. The number of aromatic nitrogens is 2. The van der Waals surface area contributed by atoms with Crippen molar-refractivity contribution in [1.29, 1.82) is 0 Å². The van der Waals surface area contributed by atoms with Crippen molar-refractivity contribution in [2.24, 2.45) is 0 Å². The Bertz CT molecular complexity index is 622. The van der Waals surface area contributed by atoms with E-state index in [0.717, 1.165) is 6.20 Å². The molecule has 0 radical (unpaired) electrons. The Labute approximate surface area is 112 Å². The third kappa shape index (κ3) is 3.28. The predicted octanol–water partition coefficient (Wildman–Crippen LogP) is 1.78. The largest absolute Gasteiger partial charge is 0.492 e. The zero-order valence-corrected chi connectivity index (χ0v) is 10.2. The molecule has 9 nitrogen and oxygen atoms in total. The summed E-state index contributed by atoms with van der Waals surface area (Å²) in [7, 11) is 0. The van der Waals surface area contributed by atoms with Gasteiger partial charge in [0.05, 0.1) is 16.4 Å². The highest BCUT2D eigenvalue weighted by molar-refractivity contribution is 5.35. The van der Waals surface area contributed by atoms with Crippen molar-refractivity contribution in [1.82, 2.24) is 9.78 Å². The molecular weight excluding hydrogens is 268 g/mol. The molecule has 1 aromatic carbocycles. The minimum absolute atomic E-state index is 0.0138. The summed E-state index contributed by atoms with van der Waals surface area (Å²) in [6.45, 7) is 0.585. The molecule has 104 valence electrons. The first-order valence-electron chi connectivity index (χ1n) is 5.60. The van der Waals surface area contributed by atoms with Crippen LogP contribution in [0.1, 0.15) is 0 Å². The van der Waals surface area contributed by atoms with E-state index in [1.54, 1.807) is 0 Å². The van der Waals surface area contributed by atoms with E-state index in [-0.39, 0.29) is 18.0 Å². The number of benzene rings is 1. The number of nitro benzene ring substituents is 1. The van der Waals surface area contributed by atoms with E-state index < -0.39 is 9.85 Å². The standard InChI is InChI=1S/C11H10N4O5/c16-14(17)9-1-3-11(4-2-9)20-6-5-13-8-10(7-12-13)15(18)19/h1-4,7-8H,5-6H2. The van der Waals surface area contributed by atoms with Crippen LogP contribution >= 0.6 is 0 Å². The smallest absolute Gasteiger partial charge is 0.306 e. The molecule has 0 fully saturated rings. The van der Waals surface area contributed by atoms with Crippen LogP contribution in [-0.2, 0) is 6.54 Å². The molecule has 2 rings (SSSR count). The van der Waals surface area contributed by atoms with Crippen LogP contribution in [0.3, 0.4) is 0 Å². The lowest BCUT2D eigenvalue weighted by Crippen LogP contribution is -2.08. The highest BCUT2D eigenvalue weighted by Crippen LogP contribution is 2.17. The topological polar surface area (TPSA) is 113 Å². The summed E-state index contributed by atoms with van der Waals surface area (Å²) in [5.74, 6) is 0.484. The van der Waals surface area contributed by atoms with E-state index in [9.17, 15) is 20.2 Å². The zero-order chi connectivity index (χ0) is 14.5. The normalized spacial score (nSPS) is 10.2. The fourth-order valence-electron chi connectivity index (χ4n) is 1.49. The first kappa shape index (κ1) is 13.5. The first-order valence-corrected chi connectivity index (χ1v) is 5.60. The quantitative estimate of drug-likeness (QED) is 0.587. The maximum Gasteiger partial charge on any atom is 0.306 e. The molecule has 9 heteroatoms. The fraction of sp³-hybridized carbons (Fsp3) is 0.182. The Kier molecular flexibility index (Phi) is 3.89. The Morgan fingerprint density at radius 1 is 1.10 bits per heavy atom. The van der Waals surface area contributed by atoms with Gasteiger partial charge in [-0.05, 0) is 12.1 Å². The fourth-order valence-corrected chi connectivity index (χ4v) is 1.49. The molecular formula is C11H10N4O5. The number of ether oxygens (including phenoxy) is 1. The lowest BCUT2D eigenvalue weighted by molar-refractivity contribution is -0.385. The summed E-state index contributed by atoms with van der Waals surface area (Å²) in [5.41, 5.74) is -0.0969. The molecule has 0 atom stereocenters. The summed E-state index contributed by atoms with van der Waals surface area (Å²) >= 11 is 0. The minimum Gasteiger partial charge on any atom is -0.492 e. The van der Waals surface area contributed by atoms with Crippen LogP contribution in [0.4, 0.5) is 11.4 Å². The number of hydrogen-bond acceptors (Lipinski definition) is 6. The van der Waals surface area contributed by atoms with Crippen LogP contribution in [0.5, 0.6) is 5.75 Å². The average Bonchev–Trinajstić information content (AvgIpc) is 2.88. The molecule has 0 aliphatic rings. The van der Waals surface area contributed by atoms with Crippen LogP contribution in [0, 0.1) is 20.2 Å². The monoisotopic (exact) mass is 278 g/mol. The summed E-state index contributed by atoms with van der Waals surface area (Å²) in [4.78, 5) is 19.9. The number of non-ortho nitro benzene ring substituents is 1. The van der Waals surface area contributed by atoms with Crippen molar-refractivity contribution in [3.8, 4) is 5.75 Å². The third-order valence-electron chi connectivity index (χ3n) is 2.47. The maximum atomic E-state index is 10.5. The van der Waals surface area contributed by atoms with Crippen LogP contribution < -0.4 is 4.74 Å². The molecule has 2 aromatic rings. The van der Waals surface area contributed by atoms with Crippen molar-refractivity contribution in [3.63, 3.8) is 0 Å². The molecule has 0 unspecified atom stereocenters. The summed E-state index contributed by atoms with van der Waals surface area (Å²) in [6, 6.07) is 5.66. The number of nitro groups is 2. The molecule has 0 N–H and O–H groups in total. The summed E-state index contributed by atoms with van der Waals surface area (Å²) < 4.78 is 6.75. The highest BCUT2D eigenvalue weighted by Gasteiger charge is 2.08. The van der Waals surface area contributed by atoms with E-state index in [0.29, 0.717) is 12.3 Å². The molecule has 0 bridgehead atoms. The van der Waals surface area contributed by atoms with Gasteiger partial charge in [-0.25, -0.2) is 0 Å².